The van der Waals surface area contributed by atoms with E-state index in [1.54, 1.807) is 0 Å². The van der Waals surface area contributed by atoms with Crippen molar-refractivity contribution in [1.29, 1.82) is 0 Å². The first-order chi connectivity index (χ1) is 9.54. The fourth-order valence-electron chi connectivity index (χ4n) is 1.03. The molecule has 0 aliphatic carbocycles. The summed E-state index contributed by atoms with van der Waals surface area (Å²) in [6, 6.07) is 1.17. The molecule has 0 atom stereocenters. The number of nitrogens with two attached hydrogens (primary N) is 2. The zero-order valence-corrected chi connectivity index (χ0v) is 13.0. The molecule has 0 aliphatic heterocycles. The van der Waals surface area contributed by atoms with E-state index in [-0.39, 0.29) is 7.43 Å². The number of hydrogen-bond donors (Lipinski definition) is 3. The number of carboxylic acids is 1. The molecule has 0 radical (unpaired) electrons. The van der Waals surface area contributed by atoms with Crippen molar-refractivity contribution in [2.24, 2.45) is 10.9 Å². The van der Waals surface area contributed by atoms with Crippen molar-refractivity contribution in [3.63, 3.8) is 0 Å². The maximum absolute atomic E-state index is 13.0. The molecule has 1 aromatic carbocycles. The number of allylic oxidation sites excluding steroid dienone is 1. The number of carboxylic acid groups (broad SMARTS) is 1. The van der Waals surface area contributed by atoms with Crippen LogP contribution in [0.1, 0.15) is 31.6 Å². The molecule has 1 aromatic rings. The minimum Gasteiger partial charge on any atom is -0.478 e. The van der Waals surface area contributed by atoms with Gasteiger partial charge in [0.25, 0.3) is 0 Å². The van der Waals surface area contributed by atoms with E-state index >= 15 is 0 Å². The Morgan fingerprint density at radius 1 is 1.45 bits per heavy atom. The minimum atomic E-state index is -4.17. The summed E-state index contributed by atoms with van der Waals surface area (Å²) in [6.07, 6.45) is 2.01. The Kier molecular flexibility index (Phi) is 9.86. The summed E-state index contributed by atoms with van der Waals surface area (Å²) in [6.45, 7) is 4.69. The average molecular weight is 355 g/mol. The molecule has 9 heteroatoms. The first-order valence-corrected chi connectivity index (χ1v) is 7.54. The first kappa shape index (κ1) is 22.8. The van der Waals surface area contributed by atoms with Gasteiger partial charge in [0.15, 0.2) is 0 Å². The molecule has 0 spiro atoms. The average Bonchev–Trinajstić information content (AvgIpc) is 2.36. The third-order valence-electron chi connectivity index (χ3n) is 2.37. The Labute approximate surface area is 134 Å². The van der Waals surface area contributed by atoms with Gasteiger partial charge in [0, 0.05) is 6.54 Å². The van der Waals surface area contributed by atoms with E-state index in [9.17, 15) is 17.6 Å². The number of sulfonamides is 1. The van der Waals surface area contributed by atoms with Crippen LogP contribution in [-0.2, 0) is 10.0 Å². The molecule has 0 bridgehead atoms. The molecular formula is C13H20ClFN2O4S. The summed E-state index contributed by atoms with van der Waals surface area (Å²) in [5, 5.41) is 12.8. The Morgan fingerprint density at radius 2 is 1.95 bits per heavy atom. The normalized spacial score (nSPS) is 11.1. The summed E-state index contributed by atoms with van der Waals surface area (Å²) in [4.78, 5) is 9.87. The number of benzene rings is 1. The lowest BCUT2D eigenvalue weighted by molar-refractivity contribution is 0.0691. The standard InChI is InChI=1S/C7H5ClFNO4S.C5H11N.CH4/c8-4-2-5(9)3(7(11)12)1-6(4)15(10,13)14;1-3-5(2)4-6;/h1-2H,(H,11,12)(H2,10,13,14);3H,4,6H2,1-2H3;1H4/b;5-3+;. The Balaban J connectivity index is 0. The lowest BCUT2D eigenvalue weighted by Crippen LogP contribution is -2.14. The van der Waals surface area contributed by atoms with Crippen molar-refractivity contribution in [3.05, 3.63) is 40.2 Å². The quantitative estimate of drug-likeness (QED) is 0.719. The van der Waals surface area contributed by atoms with Crippen molar-refractivity contribution >= 4 is 27.6 Å². The number of hydrogen-bond acceptors (Lipinski definition) is 4. The Bertz CT molecular complexity index is 660. The molecule has 0 unspecified atom stereocenters. The highest BCUT2D eigenvalue weighted by molar-refractivity contribution is 7.89. The molecule has 0 amide bonds. The molecule has 5 N–H and O–H groups in total. The zero-order chi connectivity index (χ0) is 16.8. The predicted molar refractivity (Wildman–Crippen MR) is 85.0 cm³/mol. The second-order valence-electron chi connectivity index (χ2n) is 3.95. The van der Waals surface area contributed by atoms with Crippen LogP contribution >= 0.6 is 11.6 Å². The molecule has 0 aliphatic rings. The van der Waals surface area contributed by atoms with E-state index in [1.807, 2.05) is 19.9 Å². The molecule has 0 saturated carbocycles. The largest absolute Gasteiger partial charge is 0.478 e. The molecule has 22 heavy (non-hydrogen) atoms. The van der Waals surface area contributed by atoms with Gasteiger partial charge in [-0.1, -0.05) is 30.7 Å². The highest BCUT2D eigenvalue weighted by Gasteiger charge is 2.19. The Hall–Kier alpha value is -1.48. The molecule has 0 fully saturated rings. The van der Waals surface area contributed by atoms with E-state index in [4.69, 9.17) is 27.6 Å². The van der Waals surface area contributed by atoms with Crippen LogP contribution in [0.2, 0.25) is 5.02 Å². The lowest BCUT2D eigenvalue weighted by atomic mass is 10.2. The molecule has 126 valence electrons. The van der Waals surface area contributed by atoms with Crippen LogP contribution < -0.4 is 10.9 Å². The minimum absolute atomic E-state index is 0. The van der Waals surface area contributed by atoms with Gasteiger partial charge in [0.05, 0.1) is 10.6 Å². The van der Waals surface area contributed by atoms with Crippen molar-refractivity contribution < 1.29 is 22.7 Å². The van der Waals surface area contributed by atoms with Crippen LogP contribution in [0.5, 0.6) is 0 Å². The number of primary sulfonamides is 1. The van der Waals surface area contributed by atoms with Crippen LogP contribution in [0.25, 0.3) is 0 Å². The van der Waals surface area contributed by atoms with E-state index < -0.39 is 37.3 Å². The predicted octanol–water partition coefficient (Wildman–Crippen LogP) is 2.37. The molecule has 0 aromatic heterocycles. The van der Waals surface area contributed by atoms with Crippen molar-refractivity contribution in [2.75, 3.05) is 6.54 Å². The zero-order valence-electron chi connectivity index (χ0n) is 11.4. The van der Waals surface area contributed by atoms with Gasteiger partial charge in [-0.2, -0.15) is 0 Å². The van der Waals surface area contributed by atoms with Gasteiger partial charge in [-0.15, -0.1) is 0 Å². The highest BCUT2D eigenvalue weighted by atomic mass is 35.5. The number of carbonyl (C=O) groups is 1. The van der Waals surface area contributed by atoms with E-state index in [0.717, 1.165) is 0 Å². The van der Waals surface area contributed by atoms with Gasteiger partial charge in [0.2, 0.25) is 10.0 Å². The smallest absolute Gasteiger partial charge is 0.338 e. The van der Waals surface area contributed by atoms with Crippen molar-refractivity contribution in [1.82, 2.24) is 0 Å². The summed E-state index contributed by atoms with van der Waals surface area (Å²) in [5.74, 6) is -2.73. The first-order valence-electron chi connectivity index (χ1n) is 5.61. The summed E-state index contributed by atoms with van der Waals surface area (Å²) >= 11 is 5.40. The molecular weight excluding hydrogens is 335 g/mol. The second-order valence-corrected chi connectivity index (χ2v) is 5.89. The van der Waals surface area contributed by atoms with Crippen LogP contribution in [0.15, 0.2) is 28.7 Å². The van der Waals surface area contributed by atoms with Crippen LogP contribution in [0.4, 0.5) is 4.39 Å². The summed E-state index contributed by atoms with van der Waals surface area (Å²) < 4.78 is 34.8. The maximum Gasteiger partial charge on any atom is 0.338 e. The fraction of sp³-hybridized carbons (Fsp3) is 0.308. The van der Waals surface area contributed by atoms with Gasteiger partial charge >= 0.3 is 5.97 Å². The third-order valence-corrected chi connectivity index (χ3v) is 3.75. The van der Waals surface area contributed by atoms with Crippen LogP contribution in [0.3, 0.4) is 0 Å². The van der Waals surface area contributed by atoms with Gasteiger partial charge in [-0.3, -0.25) is 0 Å². The number of rotatable bonds is 3. The lowest BCUT2D eigenvalue weighted by Gasteiger charge is -2.04. The summed E-state index contributed by atoms with van der Waals surface area (Å²) in [5.41, 5.74) is 5.66. The third kappa shape index (κ3) is 6.99. The van der Waals surface area contributed by atoms with Crippen molar-refractivity contribution in [3.8, 4) is 0 Å². The monoisotopic (exact) mass is 354 g/mol. The molecule has 0 heterocycles. The SMILES string of the molecule is C.C/C=C(\C)CN.NS(=O)(=O)c1cc(C(=O)O)c(F)cc1Cl. The highest BCUT2D eigenvalue weighted by Crippen LogP contribution is 2.23. The van der Waals surface area contributed by atoms with Gasteiger partial charge in [-0.25, -0.2) is 22.7 Å². The number of halogens is 2. The van der Waals surface area contributed by atoms with Crippen LogP contribution in [0, 0.1) is 5.82 Å². The van der Waals surface area contributed by atoms with Gasteiger partial charge < -0.3 is 10.8 Å². The second kappa shape index (κ2) is 9.52. The van der Waals surface area contributed by atoms with E-state index in [0.29, 0.717) is 18.7 Å². The number of aromatic carboxylic acids is 1. The molecule has 6 nitrogen and oxygen atoms in total. The van der Waals surface area contributed by atoms with Crippen LogP contribution in [-0.4, -0.2) is 26.0 Å². The summed E-state index contributed by atoms with van der Waals surface area (Å²) in [7, 11) is -4.17. The van der Waals surface area contributed by atoms with Crippen molar-refractivity contribution in [2.45, 2.75) is 26.2 Å². The fourth-order valence-corrected chi connectivity index (χ4v) is 2.11. The van der Waals surface area contributed by atoms with E-state index in [1.165, 1.54) is 5.57 Å². The molecule has 1 rings (SSSR count). The van der Waals surface area contributed by atoms with Gasteiger partial charge in [-0.05, 0) is 26.0 Å². The molecule has 0 saturated heterocycles. The van der Waals surface area contributed by atoms with E-state index in [2.05, 4.69) is 0 Å². The Morgan fingerprint density at radius 3 is 2.23 bits per heavy atom. The maximum atomic E-state index is 13.0. The topological polar surface area (TPSA) is 123 Å². The van der Waals surface area contributed by atoms with Gasteiger partial charge in [0.1, 0.15) is 10.7 Å².